The number of pyridine rings is 1. The second-order valence-corrected chi connectivity index (χ2v) is 8.49. The first-order chi connectivity index (χ1) is 15.8. The zero-order valence-electron chi connectivity index (χ0n) is 18.7. The lowest BCUT2D eigenvalue weighted by Gasteiger charge is -2.13. The molecule has 0 saturated carbocycles. The van der Waals surface area contributed by atoms with E-state index in [-0.39, 0.29) is 23.7 Å². The standard InChI is InChI=1S/C25H24ClFN4O2/c1-15-21(10-11-22(32)28-14-17-6-4-7-18(26)12-17)25(33)30(3)24-23(15)16(2)29-31(24)20-9-5-8-19(27)13-20/h4-9,12-13H,10-11,14H2,1-3H3,(H,28,32). The summed E-state index contributed by atoms with van der Waals surface area (Å²) < 4.78 is 16.9. The Morgan fingerprint density at radius 3 is 2.64 bits per heavy atom. The summed E-state index contributed by atoms with van der Waals surface area (Å²) in [5, 5.41) is 8.89. The molecule has 8 heteroatoms. The maximum atomic E-state index is 13.8. The van der Waals surface area contributed by atoms with E-state index in [1.165, 1.54) is 16.7 Å². The molecule has 0 spiro atoms. The predicted molar refractivity (Wildman–Crippen MR) is 127 cm³/mol. The van der Waals surface area contributed by atoms with E-state index >= 15 is 0 Å². The first-order valence-electron chi connectivity index (χ1n) is 10.6. The van der Waals surface area contributed by atoms with Crippen LogP contribution in [0.1, 0.15) is 28.8 Å². The van der Waals surface area contributed by atoms with Crippen LogP contribution in [0.4, 0.5) is 4.39 Å². The number of hydrogen-bond acceptors (Lipinski definition) is 3. The Morgan fingerprint density at radius 2 is 1.91 bits per heavy atom. The summed E-state index contributed by atoms with van der Waals surface area (Å²) in [5.74, 6) is -0.528. The van der Waals surface area contributed by atoms with Gasteiger partial charge in [-0.05, 0) is 61.7 Å². The van der Waals surface area contributed by atoms with Gasteiger partial charge in [0.15, 0.2) is 0 Å². The average molecular weight is 467 g/mol. The van der Waals surface area contributed by atoms with Crippen molar-refractivity contribution in [2.24, 2.45) is 7.05 Å². The van der Waals surface area contributed by atoms with Crippen molar-refractivity contribution in [2.75, 3.05) is 0 Å². The minimum atomic E-state index is -0.379. The van der Waals surface area contributed by atoms with E-state index in [1.807, 2.05) is 26.0 Å². The zero-order valence-corrected chi connectivity index (χ0v) is 19.4. The fraction of sp³-hybridized carbons (Fsp3) is 0.240. The van der Waals surface area contributed by atoms with E-state index in [0.29, 0.717) is 34.9 Å². The van der Waals surface area contributed by atoms with Crippen LogP contribution in [0.5, 0.6) is 0 Å². The summed E-state index contributed by atoms with van der Waals surface area (Å²) in [6.07, 6.45) is 0.486. The second kappa shape index (κ2) is 9.19. The van der Waals surface area contributed by atoms with Gasteiger partial charge in [-0.2, -0.15) is 5.10 Å². The van der Waals surface area contributed by atoms with Gasteiger partial charge in [0.1, 0.15) is 11.5 Å². The Kier molecular flexibility index (Phi) is 6.33. The van der Waals surface area contributed by atoms with E-state index in [4.69, 9.17) is 11.6 Å². The number of amides is 1. The van der Waals surface area contributed by atoms with Crippen molar-refractivity contribution >= 4 is 28.5 Å². The van der Waals surface area contributed by atoms with E-state index in [2.05, 4.69) is 10.4 Å². The smallest absolute Gasteiger partial charge is 0.255 e. The molecule has 4 rings (SSSR count). The van der Waals surface area contributed by atoms with Crippen LogP contribution in [-0.2, 0) is 24.8 Å². The number of carbonyl (C=O) groups is 1. The first kappa shape index (κ1) is 22.7. The zero-order chi connectivity index (χ0) is 23.7. The van der Waals surface area contributed by atoms with E-state index in [9.17, 15) is 14.0 Å². The molecule has 0 atom stereocenters. The number of fused-ring (bicyclic) bond motifs is 1. The number of nitrogens with one attached hydrogen (secondary N) is 1. The fourth-order valence-corrected chi connectivity index (χ4v) is 4.34. The Morgan fingerprint density at radius 1 is 1.15 bits per heavy atom. The summed E-state index contributed by atoms with van der Waals surface area (Å²) in [5.41, 5.74) is 3.94. The molecule has 1 amide bonds. The van der Waals surface area contributed by atoms with Crippen LogP contribution in [0.2, 0.25) is 5.02 Å². The van der Waals surface area contributed by atoms with Crippen molar-refractivity contribution in [2.45, 2.75) is 33.2 Å². The topological polar surface area (TPSA) is 68.9 Å². The highest BCUT2D eigenvalue weighted by Crippen LogP contribution is 2.26. The van der Waals surface area contributed by atoms with Crippen LogP contribution >= 0.6 is 11.6 Å². The number of rotatable bonds is 6. The molecule has 0 aliphatic rings. The van der Waals surface area contributed by atoms with Gasteiger partial charge in [0.05, 0.1) is 11.4 Å². The number of carbonyl (C=O) groups excluding carboxylic acids is 1. The molecule has 2 aromatic carbocycles. The Bertz CT molecular complexity index is 1420. The molecule has 2 heterocycles. The molecule has 33 heavy (non-hydrogen) atoms. The summed E-state index contributed by atoms with van der Waals surface area (Å²) >= 11 is 5.98. The molecule has 0 bridgehead atoms. The molecule has 1 N–H and O–H groups in total. The fourth-order valence-electron chi connectivity index (χ4n) is 4.13. The Labute approximate surface area is 195 Å². The third-order valence-corrected chi connectivity index (χ3v) is 6.01. The van der Waals surface area contributed by atoms with Crippen LogP contribution in [0.3, 0.4) is 0 Å². The summed E-state index contributed by atoms with van der Waals surface area (Å²) in [6, 6.07) is 13.4. The van der Waals surface area contributed by atoms with Crippen LogP contribution in [-0.4, -0.2) is 20.3 Å². The van der Waals surface area contributed by atoms with Crippen LogP contribution < -0.4 is 10.9 Å². The second-order valence-electron chi connectivity index (χ2n) is 8.05. The highest BCUT2D eigenvalue weighted by molar-refractivity contribution is 6.30. The maximum Gasteiger partial charge on any atom is 0.255 e. The summed E-state index contributed by atoms with van der Waals surface area (Å²) in [7, 11) is 1.67. The first-order valence-corrected chi connectivity index (χ1v) is 11.0. The average Bonchev–Trinajstić information content (AvgIpc) is 3.13. The van der Waals surface area contributed by atoms with E-state index < -0.39 is 0 Å². The highest BCUT2D eigenvalue weighted by atomic mass is 35.5. The molecule has 2 aromatic heterocycles. The molecule has 0 radical (unpaired) electrons. The quantitative estimate of drug-likeness (QED) is 0.458. The van der Waals surface area contributed by atoms with Crippen molar-refractivity contribution in [1.29, 1.82) is 0 Å². The summed E-state index contributed by atoms with van der Waals surface area (Å²) in [4.78, 5) is 25.6. The Hall–Kier alpha value is -3.45. The minimum Gasteiger partial charge on any atom is -0.352 e. The number of benzene rings is 2. The number of nitrogens with zero attached hydrogens (tertiary/aromatic N) is 3. The largest absolute Gasteiger partial charge is 0.352 e. The normalized spacial score (nSPS) is 11.2. The van der Waals surface area contributed by atoms with Crippen molar-refractivity contribution in [3.63, 3.8) is 0 Å². The van der Waals surface area contributed by atoms with Crippen LogP contribution in [0.15, 0.2) is 53.3 Å². The van der Waals surface area contributed by atoms with Gasteiger partial charge in [-0.25, -0.2) is 9.07 Å². The van der Waals surface area contributed by atoms with Gasteiger partial charge >= 0.3 is 0 Å². The minimum absolute atomic E-state index is 0.149. The lowest BCUT2D eigenvalue weighted by molar-refractivity contribution is -0.121. The van der Waals surface area contributed by atoms with Gasteiger partial charge in [0.2, 0.25) is 5.91 Å². The maximum absolute atomic E-state index is 13.8. The van der Waals surface area contributed by atoms with Gasteiger partial charge in [-0.3, -0.25) is 14.2 Å². The van der Waals surface area contributed by atoms with Crippen LogP contribution in [0, 0.1) is 19.7 Å². The van der Waals surface area contributed by atoms with Crippen molar-refractivity contribution in [1.82, 2.24) is 19.7 Å². The number of halogens is 2. The molecule has 0 saturated heterocycles. The molecular formula is C25H24ClFN4O2. The Balaban J connectivity index is 1.61. The van der Waals surface area contributed by atoms with Gasteiger partial charge in [-0.1, -0.05) is 29.8 Å². The number of hydrogen-bond donors (Lipinski definition) is 1. The van der Waals surface area contributed by atoms with Crippen molar-refractivity contribution in [3.05, 3.63) is 92.1 Å². The monoisotopic (exact) mass is 466 g/mol. The van der Waals surface area contributed by atoms with Gasteiger partial charge in [0.25, 0.3) is 5.56 Å². The number of aromatic nitrogens is 3. The molecule has 0 aliphatic carbocycles. The van der Waals surface area contributed by atoms with Gasteiger partial charge < -0.3 is 5.32 Å². The SMILES string of the molecule is Cc1nn(-c2cccc(F)c2)c2c1c(C)c(CCC(=O)NCc1cccc(Cl)c1)c(=O)n2C. The van der Waals surface area contributed by atoms with Gasteiger partial charge in [0, 0.05) is 36.0 Å². The predicted octanol–water partition coefficient (Wildman–Crippen LogP) is 4.38. The molecule has 0 unspecified atom stereocenters. The van der Waals surface area contributed by atoms with Crippen molar-refractivity contribution in [3.8, 4) is 5.69 Å². The van der Waals surface area contributed by atoms with Crippen LogP contribution in [0.25, 0.3) is 16.7 Å². The van der Waals surface area contributed by atoms with E-state index in [1.54, 1.807) is 36.0 Å². The highest BCUT2D eigenvalue weighted by Gasteiger charge is 2.20. The summed E-state index contributed by atoms with van der Waals surface area (Å²) in [6.45, 7) is 4.10. The third kappa shape index (κ3) is 4.54. The lowest BCUT2D eigenvalue weighted by Crippen LogP contribution is -2.27. The van der Waals surface area contributed by atoms with E-state index in [0.717, 1.165) is 22.2 Å². The molecule has 0 aliphatic heterocycles. The van der Waals surface area contributed by atoms with Gasteiger partial charge in [-0.15, -0.1) is 0 Å². The third-order valence-electron chi connectivity index (χ3n) is 5.78. The lowest BCUT2D eigenvalue weighted by atomic mass is 10.0. The molecule has 170 valence electrons. The van der Waals surface area contributed by atoms with Crippen molar-refractivity contribution < 1.29 is 9.18 Å². The number of aryl methyl sites for hydroxylation is 3. The molecule has 0 fully saturated rings. The molecule has 4 aromatic rings. The molecular weight excluding hydrogens is 443 g/mol. The molecule has 6 nitrogen and oxygen atoms in total.